The molecule has 0 radical (unpaired) electrons. The number of alkyl halides is 3. The number of para-hydroxylation sites is 1. The van der Waals surface area contributed by atoms with E-state index in [0.717, 1.165) is 11.6 Å². The molecule has 3 nitrogen and oxygen atoms in total. The SMILES string of the molecule is Cc1ccc([C@]2(c3ccc(O)cc3)C(=O)Nc3c(C(F)(F)F)cccc32)cc1. The number of rotatable bonds is 2. The lowest BCUT2D eigenvalue weighted by molar-refractivity contribution is -0.136. The second-order valence-corrected chi connectivity index (χ2v) is 6.84. The van der Waals surface area contributed by atoms with Crippen molar-refractivity contribution in [2.24, 2.45) is 0 Å². The third-order valence-electron chi connectivity index (χ3n) is 5.14. The van der Waals surface area contributed by atoms with Crippen molar-refractivity contribution in [2.75, 3.05) is 5.32 Å². The van der Waals surface area contributed by atoms with Gasteiger partial charge in [-0.3, -0.25) is 4.79 Å². The average molecular weight is 383 g/mol. The summed E-state index contributed by atoms with van der Waals surface area (Å²) in [6.07, 6.45) is -4.60. The van der Waals surface area contributed by atoms with E-state index in [1.54, 1.807) is 24.3 Å². The van der Waals surface area contributed by atoms with Crippen LogP contribution in [0.4, 0.5) is 18.9 Å². The smallest absolute Gasteiger partial charge is 0.418 e. The van der Waals surface area contributed by atoms with Crippen molar-refractivity contribution in [3.8, 4) is 5.75 Å². The molecule has 3 aromatic carbocycles. The first-order chi connectivity index (χ1) is 13.2. The highest BCUT2D eigenvalue weighted by atomic mass is 19.4. The standard InChI is InChI=1S/C22H16F3NO2/c1-13-5-7-14(8-6-13)21(15-9-11-16(27)12-10-15)17-3-2-4-18(22(23,24)25)19(17)26-20(21)28/h2-12,27H,1H3,(H,26,28)/t21-/m1/s1. The molecule has 0 unspecified atom stereocenters. The van der Waals surface area contributed by atoms with Crippen LogP contribution >= 0.6 is 0 Å². The summed E-state index contributed by atoms with van der Waals surface area (Å²) in [6.45, 7) is 1.89. The first-order valence-electron chi connectivity index (χ1n) is 8.63. The summed E-state index contributed by atoms with van der Waals surface area (Å²) < 4.78 is 40.6. The Balaban J connectivity index is 2.08. The number of halogens is 3. The van der Waals surface area contributed by atoms with Crippen LogP contribution in [0.3, 0.4) is 0 Å². The van der Waals surface area contributed by atoms with E-state index in [4.69, 9.17) is 0 Å². The third-order valence-corrected chi connectivity index (χ3v) is 5.14. The van der Waals surface area contributed by atoms with Gasteiger partial charge in [0.25, 0.3) is 0 Å². The van der Waals surface area contributed by atoms with Gasteiger partial charge in [0.1, 0.15) is 11.2 Å². The fourth-order valence-electron chi connectivity index (χ4n) is 3.82. The zero-order chi connectivity index (χ0) is 20.1. The minimum absolute atomic E-state index is 0.00507. The molecule has 0 fully saturated rings. The molecule has 1 heterocycles. The number of aryl methyl sites for hydroxylation is 1. The molecule has 2 N–H and O–H groups in total. The number of hydrogen-bond acceptors (Lipinski definition) is 2. The third kappa shape index (κ3) is 2.56. The number of aromatic hydroxyl groups is 1. The molecule has 0 aromatic heterocycles. The summed E-state index contributed by atoms with van der Waals surface area (Å²) in [4.78, 5) is 13.3. The number of phenolic OH excluding ortho intramolecular Hbond substituents is 1. The normalized spacial score (nSPS) is 18.6. The highest BCUT2D eigenvalue weighted by molar-refractivity contribution is 6.12. The summed E-state index contributed by atoms with van der Waals surface area (Å²) in [5.74, 6) is -0.556. The molecule has 0 bridgehead atoms. The predicted molar refractivity (Wildman–Crippen MR) is 99.2 cm³/mol. The lowest BCUT2D eigenvalue weighted by Gasteiger charge is -2.29. The molecule has 6 heteroatoms. The van der Waals surface area contributed by atoms with E-state index >= 15 is 0 Å². The van der Waals surface area contributed by atoms with Crippen molar-refractivity contribution in [2.45, 2.75) is 18.5 Å². The monoisotopic (exact) mass is 383 g/mol. The quantitative estimate of drug-likeness (QED) is 0.654. The van der Waals surface area contributed by atoms with Gasteiger partial charge in [-0.05, 0) is 36.2 Å². The highest BCUT2D eigenvalue weighted by Gasteiger charge is 2.52. The van der Waals surface area contributed by atoms with Gasteiger partial charge in [0.2, 0.25) is 5.91 Å². The highest BCUT2D eigenvalue weighted by Crippen LogP contribution is 2.51. The zero-order valence-corrected chi connectivity index (χ0v) is 14.8. The number of hydrogen-bond donors (Lipinski definition) is 2. The maximum absolute atomic E-state index is 13.5. The molecule has 0 saturated carbocycles. The van der Waals surface area contributed by atoms with Crippen LogP contribution in [0, 0.1) is 6.92 Å². The summed E-state index contributed by atoms with van der Waals surface area (Å²) >= 11 is 0. The van der Waals surface area contributed by atoms with E-state index in [1.165, 1.54) is 24.3 Å². The Kier molecular flexibility index (Phi) is 3.96. The molecule has 1 atom stereocenters. The summed E-state index contributed by atoms with van der Waals surface area (Å²) in [7, 11) is 0. The Morgan fingerprint density at radius 3 is 2.04 bits per heavy atom. The topological polar surface area (TPSA) is 49.3 Å². The van der Waals surface area contributed by atoms with Crippen LogP contribution in [0.1, 0.15) is 27.8 Å². The van der Waals surface area contributed by atoms with Crippen LogP contribution in [0.25, 0.3) is 0 Å². The van der Waals surface area contributed by atoms with Gasteiger partial charge in [-0.15, -0.1) is 0 Å². The number of fused-ring (bicyclic) bond motifs is 1. The van der Waals surface area contributed by atoms with Crippen molar-refractivity contribution in [1.29, 1.82) is 0 Å². The molecule has 3 aromatic rings. The molecular weight excluding hydrogens is 367 g/mol. The van der Waals surface area contributed by atoms with E-state index in [1.807, 2.05) is 19.1 Å². The summed E-state index contributed by atoms with van der Waals surface area (Å²) in [5, 5.41) is 12.1. The van der Waals surface area contributed by atoms with Gasteiger partial charge in [-0.2, -0.15) is 13.2 Å². The van der Waals surface area contributed by atoms with E-state index < -0.39 is 23.1 Å². The zero-order valence-electron chi connectivity index (χ0n) is 14.8. The number of carbonyl (C=O) groups excluding carboxylic acids is 1. The molecule has 1 aliphatic rings. The fraction of sp³-hybridized carbons (Fsp3) is 0.136. The number of anilines is 1. The van der Waals surface area contributed by atoms with Crippen LogP contribution in [0.15, 0.2) is 66.7 Å². The minimum Gasteiger partial charge on any atom is -0.508 e. The number of carbonyl (C=O) groups is 1. The van der Waals surface area contributed by atoms with Gasteiger partial charge >= 0.3 is 6.18 Å². The van der Waals surface area contributed by atoms with E-state index in [2.05, 4.69) is 5.32 Å². The largest absolute Gasteiger partial charge is 0.508 e. The first-order valence-corrected chi connectivity index (χ1v) is 8.63. The second-order valence-electron chi connectivity index (χ2n) is 6.84. The van der Waals surface area contributed by atoms with Crippen LogP contribution in [-0.4, -0.2) is 11.0 Å². The molecule has 142 valence electrons. The van der Waals surface area contributed by atoms with Crippen LogP contribution in [0.5, 0.6) is 5.75 Å². The van der Waals surface area contributed by atoms with E-state index in [9.17, 15) is 23.1 Å². The molecule has 4 rings (SSSR count). The second kappa shape index (κ2) is 6.12. The Morgan fingerprint density at radius 2 is 1.46 bits per heavy atom. The van der Waals surface area contributed by atoms with Crippen LogP contribution in [0.2, 0.25) is 0 Å². The Labute approximate surface area is 159 Å². The maximum atomic E-state index is 13.5. The fourth-order valence-corrected chi connectivity index (χ4v) is 3.82. The van der Waals surface area contributed by atoms with Crippen molar-refractivity contribution in [3.63, 3.8) is 0 Å². The lowest BCUT2D eigenvalue weighted by Crippen LogP contribution is -2.36. The minimum atomic E-state index is -4.60. The predicted octanol–water partition coefficient (Wildman–Crippen LogP) is 5.01. The van der Waals surface area contributed by atoms with Gasteiger partial charge < -0.3 is 10.4 Å². The van der Waals surface area contributed by atoms with Gasteiger partial charge in [0.15, 0.2) is 0 Å². The van der Waals surface area contributed by atoms with Gasteiger partial charge in [0.05, 0.1) is 11.3 Å². The molecule has 1 aliphatic heterocycles. The Hall–Kier alpha value is -3.28. The summed E-state index contributed by atoms with van der Waals surface area (Å²) in [6, 6.07) is 16.9. The first kappa shape index (κ1) is 18.1. The molecule has 1 amide bonds. The molecule has 0 spiro atoms. The Morgan fingerprint density at radius 1 is 0.893 bits per heavy atom. The van der Waals surface area contributed by atoms with Crippen molar-refractivity contribution in [3.05, 3.63) is 94.5 Å². The lowest BCUT2D eigenvalue weighted by atomic mass is 9.70. The van der Waals surface area contributed by atoms with E-state index in [-0.39, 0.29) is 17.0 Å². The number of nitrogens with one attached hydrogen (secondary N) is 1. The van der Waals surface area contributed by atoms with Crippen LogP contribution < -0.4 is 5.32 Å². The molecule has 0 aliphatic carbocycles. The van der Waals surface area contributed by atoms with Crippen molar-refractivity contribution >= 4 is 11.6 Å². The van der Waals surface area contributed by atoms with E-state index in [0.29, 0.717) is 11.1 Å². The Bertz CT molecular complexity index is 1010. The molecule has 28 heavy (non-hydrogen) atoms. The van der Waals surface area contributed by atoms with Gasteiger partial charge in [-0.1, -0.05) is 54.1 Å². The van der Waals surface area contributed by atoms with Crippen molar-refractivity contribution < 1.29 is 23.1 Å². The number of benzene rings is 3. The summed E-state index contributed by atoms with van der Waals surface area (Å²) in [5.41, 5.74) is -0.323. The van der Waals surface area contributed by atoms with Crippen molar-refractivity contribution in [1.82, 2.24) is 0 Å². The number of amides is 1. The molecular formula is C22H16F3NO2. The van der Waals surface area contributed by atoms with Gasteiger partial charge in [0, 0.05) is 5.56 Å². The number of phenols is 1. The average Bonchev–Trinajstić information content (AvgIpc) is 2.95. The van der Waals surface area contributed by atoms with Crippen LogP contribution in [-0.2, 0) is 16.4 Å². The molecule has 0 saturated heterocycles. The van der Waals surface area contributed by atoms with Gasteiger partial charge in [-0.25, -0.2) is 0 Å². The maximum Gasteiger partial charge on any atom is 0.418 e.